The normalized spacial score (nSPS) is 15.2. The molecular weight excluding hydrogens is 459 g/mol. The molecule has 4 rings (SSSR count). The lowest BCUT2D eigenvalue weighted by Gasteiger charge is -2.33. The molecule has 0 atom stereocenters. The van der Waals surface area contributed by atoms with Gasteiger partial charge in [-0.15, -0.1) is 20.4 Å². The van der Waals surface area contributed by atoms with Crippen molar-refractivity contribution in [1.29, 1.82) is 0 Å². The van der Waals surface area contributed by atoms with E-state index in [1.165, 1.54) is 23.5 Å². The molecule has 1 aromatic carbocycles. The Morgan fingerprint density at radius 1 is 1.06 bits per heavy atom. The summed E-state index contributed by atoms with van der Waals surface area (Å²) in [5, 5.41) is 18.8. The topological polar surface area (TPSA) is 64.0 Å². The van der Waals surface area contributed by atoms with Crippen LogP contribution in [-0.2, 0) is 12.6 Å². The molecule has 6 nitrogen and oxygen atoms in total. The van der Waals surface area contributed by atoms with Crippen LogP contribution < -0.4 is 9.64 Å². The number of halogens is 3. The SMILES string of the molecule is CSCCc1nnc(-c2ccc(N3CCC(Oc4ccccc4C(F)(F)F)CC3)nn2)s1. The maximum atomic E-state index is 13.2. The third-order valence-corrected chi connectivity index (χ3v) is 6.73. The molecule has 0 bridgehead atoms. The van der Waals surface area contributed by atoms with E-state index in [-0.39, 0.29) is 11.9 Å². The number of para-hydroxylation sites is 1. The van der Waals surface area contributed by atoms with Crippen molar-refractivity contribution in [2.24, 2.45) is 0 Å². The number of alkyl halides is 3. The lowest BCUT2D eigenvalue weighted by Crippen LogP contribution is -2.39. The van der Waals surface area contributed by atoms with E-state index in [0.29, 0.717) is 31.6 Å². The van der Waals surface area contributed by atoms with Crippen LogP contribution in [0.15, 0.2) is 36.4 Å². The van der Waals surface area contributed by atoms with Gasteiger partial charge in [-0.3, -0.25) is 0 Å². The summed E-state index contributed by atoms with van der Waals surface area (Å²) in [7, 11) is 0. The number of hydrogen-bond donors (Lipinski definition) is 0. The fraction of sp³-hybridized carbons (Fsp3) is 0.429. The van der Waals surface area contributed by atoms with E-state index in [0.717, 1.165) is 34.1 Å². The monoisotopic (exact) mass is 481 g/mol. The first kappa shape index (κ1) is 22.8. The fourth-order valence-corrected chi connectivity index (χ4v) is 4.77. The number of aryl methyl sites for hydroxylation is 1. The predicted molar refractivity (Wildman–Crippen MR) is 120 cm³/mol. The summed E-state index contributed by atoms with van der Waals surface area (Å²) >= 11 is 3.29. The molecule has 3 heterocycles. The molecule has 0 aliphatic carbocycles. The van der Waals surface area contributed by atoms with Crippen molar-refractivity contribution < 1.29 is 17.9 Å². The van der Waals surface area contributed by atoms with Crippen molar-refractivity contribution in [2.45, 2.75) is 31.5 Å². The van der Waals surface area contributed by atoms with Gasteiger partial charge in [-0.1, -0.05) is 23.5 Å². The van der Waals surface area contributed by atoms with Gasteiger partial charge in [0, 0.05) is 32.4 Å². The molecule has 0 saturated carbocycles. The van der Waals surface area contributed by atoms with Gasteiger partial charge in [0.2, 0.25) is 0 Å². The van der Waals surface area contributed by atoms with Gasteiger partial charge in [0.1, 0.15) is 22.6 Å². The lowest BCUT2D eigenvalue weighted by atomic mass is 10.1. The molecule has 1 saturated heterocycles. The van der Waals surface area contributed by atoms with Gasteiger partial charge in [-0.25, -0.2) is 0 Å². The summed E-state index contributed by atoms with van der Waals surface area (Å²) in [6, 6.07) is 9.12. The Hall–Kier alpha value is -2.40. The number of benzene rings is 1. The summed E-state index contributed by atoms with van der Waals surface area (Å²) in [6.07, 6.45) is -0.562. The Labute approximate surface area is 192 Å². The van der Waals surface area contributed by atoms with Crippen molar-refractivity contribution >= 4 is 28.9 Å². The zero-order valence-corrected chi connectivity index (χ0v) is 19.0. The first-order valence-corrected chi connectivity index (χ1v) is 12.4. The first-order valence-electron chi connectivity index (χ1n) is 10.2. The van der Waals surface area contributed by atoms with Crippen LogP contribution in [0.1, 0.15) is 23.4 Å². The molecule has 0 spiro atoms. The van der Waals surface area contributed by atoms with Gasteiger partial charge in [-0.05, 0) is 36.3 Å². The number of aromatic nitrogens is 4. The molecule has 170 valence electrons. The third-order valence-electron chi connectivity index (χ3n) is 5.11. The molecule has 0 amide bonds. The highest BCUT2D eigenvalue weighted by atomic mass is 32.2. The van der Waals surface area contributed by atoms with Crippen LogP contribution in [0, 0.1) is 0 Å². The summed E-state index contributed by atoms with van der Waals surface area (Å²) in [5.41, 5.74) is -0.0548. The van der Waals surface area contributed by atoms with Crippen molar-refractivity contribution in [3.05, 3.63) is 47.0 Å². The van der Waals surface area contributed by atoms with Crippen molar-refractivity contribution in [2.75, 3.05) is 30.0 Å². The Morgan fingerprint density at radius 2 is 1.84 bits per heavy atom. The quantitative estimate of drug-likeness (QED) is 0.472. The van der Waals surface area contributed by atoms with Crippen LogP contribution in [0.25, 0.3) is 10.7 Å². The van der Waals surface area contributed by atoms with Crippen molar-refractivity contribution in [1.82, 2.24) is 20.4 Å². The van der Waals surface area contributed by atoms with Crippen LogP contribution in [-0.4, -0.2) is 51.6 Å². The van der Waals surface area contributed by atoms with Gasteiger partial charge in [0.05, 0.1) is 5.56 Å². The van der Waals surface area contributed by atoms with Crippen molar-refractivity contribution in [3.8, 4) is 16.5 Å². The molecular formula is C21H22F3N5OS2. The average molecular weight is 482 g/mol. The minimum atomic E-state index is -4.43. The first-order chi connectivity index (χ1) is 15.4. The number of piperidine rings is 1. The van der Waals surface area contributed by atoms with Crippen LogP contribution in [0.2, 0.25) is 0 Å². The minimum Gasteiger partial charge on any atom is -0.490 e. The Morgan fingerprint density at radius 3 is 2.53 bits per heavy atom. The van der Waals surface area contributed by atoms with Gasteiger partial charge in [0.25, 0.3) is 0 Å². The van der Waals surface area contributed by atoms with Crippen LogP contribution in [0.4, 0.5) is 19.0 Å². The van der Waals surface area contributed by atoms with E-state index in [2.05, 4.69) is 31.6 Å². The highest BCUT2D eigenvalue weighted by molar-refractivity contribution is 7.98. The molecule has 1 aliphatic rings. The van der Waals surface area contributed by atoms with E-state index < -0.39 is 11.7 Å². The zero-order valence-electron chi connectivity index (χ0n) is 17.4. The van der Waals surface area contributed by atoms with Gasteiger partial charge in [0.15, 0.2) is 10.8 Å². The summed E-state index contributed by atoms with van der Waals surface area (Å²) in [4.78, 5) is 2.07. The van der Waals surface area contributed by atoms with E-state index in [1.807, 2.05) is 12.1 Å². The fourth-order valence-electron chi connectivity index (χ4n) is 3.44. The third kappa shape index (κ3) is 5.50. The lowest BCUT2D eigenvalue weighted by molar-refractivity contribution is -0.139. The number of rotatable bonds is 7. The smallest absolute Gasteiger partial charge is 0.419 e. The Kier molecular flexibility index (Phi) is 7.14. The minimum absolute atomic E-state index is 0.114. The maximum absolute atomic E-state index is 13.2. The van der Waals surface area contributed by atoms with E-state index in [9.17, 15) is 13.2 Å². The molecule has 0 radical (unpaired) electrons. The second kappa shape index (κ2) is 10.0. The second-order valence-electron chi connectivity index (χ2n) is 7.32. The van der Waals surface area contributed by atoms with Gasteiger partial charge < -0.3 is 9.64 Å². The van der Waals surface area contributed by atoms with Crippen LogP contribution >= 0.6 is 23.1 Å². The average Bonchev–Trinajstić information content (AvgIpc) is 3.27. The molecule has 3 aromatic rings. The highest BCUT2D eigenvalue weighted by Crippen LogP contribution is 2.37. The second-order valence-corrected chi connectivity index (χ2v) is 9.37. The van der Waals surface area contributed by atoms with Crippen LogP contribution in [0.5, 0.6) is 5.75 Å². The number of ether oxygens (including phenoxy) is 1. The summed E-state index contributed by atoms with van der Waals surface area (Å²) < 4.78 is 45.3. The highest BCUT2D eigenvalue weighted by Gasteiger charge is 2.35. The molecule has 0 N–H and O–H groups in total. The number of nitrogens with zero attached hydrogens (tertiary/aromatic N) is 5. The van der Waals surface area contributed by atoms with Crippen molar-refractivity contribution in [3.63, 3.8) is 0 Å². The Bertz CT molecular complexity index is 1020. The van der Waals surface area contributed by atoms with Gasteiger partial charge in [-0.2, -0.15) is 24.9 Å². The zero-order chi connectivity index (χ0) is 22.6. The molecule has 1 fully saturated rings. The molecule has 2 aromatic heterocycles. The molecule has 11 heteroatoms. The molecule has 1 aliphatic heterocycles. The number of anilines is 1. The summed E-state index contributed by atoms with van der Waals surface area (Å²) in [5.74, 6) is 1.62. The molecule has 0 unspecified atom stereocenters. The van der Waals surface area contributed by atoms with E-state index >= 15 is 0 Å². The van der Waals surface area contributed by atoms with E-state index in [4.69, 9.17) is 4.74 Å². The summed E-state index contributed by atoms with van der Waals surface area (Å²) in [6.45, 7) is 1.26. The predicted octanol–water partition coefficient (Wildman–Crippen LogP) is 4.97. The van der Waals surface area contributed by atoms with Crippen LogP contribution in [0.3, 0.4) is 0 Å². The van der Waals surface area contributed by atoms with E-state index in [1.54, 1.807) is 17.8 Å². The largest absolute Gasteiger partial charge is 0.490 e. The molecule has 32 heavy (non-hydrogen) atoms. The van der Waals surface area contributed by atoms with Gasteiger partial charge >= 0.3 is 6.18 Å². The standard InChI is InChI=1S/C21H22F3N5OS2/c1-31-13-10-19-27-28-20(32-19)16-6-7-18(26-25-16)29-11-8-14(9-12-29)30-17-5-3-2-4-15(17)21(22,23)24/h2-7,14H,8-13H2,1H3. The number of hydrogen-bond acceptors (Lipinski definition) is 8. The maximum Gasteiger partial charge on any atom is 0.419 e. The Balaban J connectivity index is 1.34. The number of thioether (sulfide) groups is 1.